The topological polar surface area (TPSA) is 120 Å². The van der Waals surface area contributed by atoms with Crippen LogP contribution in [0.15, 0.2) is 36.7 Å². The molecule has 1 atom stereocenters. The number of aryl methyl sites for hydroxylation is 1. The lowest BCUT2D eigenvalue weighted by Crippen LogP contribution is -2.63. The van der Waals surface area contributed by atoms with Gasteiger partial charge in [0.1, 0.15) is 6.61 Å². The van der Waals surface area contributed by atoms with Gasteiger partial charge in [0.2, 0.25) is 5.91 Å². The zero-order chi connectivity index (χ0) is 31.0. The third kappa shape index (κ3) is 10.3. The Morgan fingerprint density at radius 1 is 1.05 bits per heavy atom. The zero-order valence-electron chi connectivity index (χ0n) is 22.0. The number of piperidine rings is 1. The van der Waals surface area contributed by atoms with E-state index >= 15 is 0 Å². The van der Waals surface area contributed by atoms with Gasteiger partial charge in [-0.15, -0.1) is 11.3 Å². The molecule has 2 N–H and O–H groups in total. The number of amides is 1. The van der Waals surface area contributed by atoms with E-state index in [0.717, 1.165) is 38.0 Å². The van der Waals surface area contributed by atoms with Crippen molar-refractivity contribution < 1.29 is 55.7 Å². The number of aliphatic carboxylic acids is 2. The Balaban J connectivity index is 0.000000349. The third-order valence-corrected chi connectivity index (χ3v) is 7.46. The highest BCUT2D eigenvalue weighted by molar-refractivity contribution is 7.11. The Labute approximate surface area is 235 Å². The molecule has 228 valence electrons. The fourth-order valence-electron chi connectivity index (χ4n) is 4.26. The van der Waals surface area contributed by atoms with Crippen LogP contribution >= 0.6 is 11.3 Å². The molecule has 1 spiro atoms. The maximum absolute atomic E-state index is 12.5. The smallest absolute Gasteiger partial charge is 0.475 e. The number of carbonyl (C=O) groups excluding carboxylic acids is 1. The van der Waals surface area contributed by atoms with E-state index in [0.29, 0.717) is 6.54 Å². The molecular weight excluding hydrogens is 584 g/mol. The number of likely N-dealkylation sites (tertiary alicyclic amines) is 1. The highest BCUT2D eigenvalue weighted by Gasteiger charge is 2.48. The molecule has 2 aliphatic rings. The number of carboxylic acid groups (broad SMARTS) is 2. The Hall–Kier alpha value is -3.24. The Kier molecular flexibility index (Phi) is 11.7. The summed E-state index contributed by atoms with van der Waals surface area (Å²) in [5.41, 5.74) is 0.845. The van der Waals surface area contributed by atoms with E-state index in [9.17, 15) is 31.1 Å². The molecule has 0 bridgehead atoms. The lowest BCUT2D eigenvalue weighted by Gasteiger charge is -2.51. The normalized spacial score (nSPS) is 19.1. The van der Waals surface area contributed by atoms with E-state index in [2.05, 4.69) is 35.9 Å². The van der Waals surface area contributed by atoms with Gasteiger partial charge in [0.25, 0.3) is 0 Å². The maximum atomic E-state index is 12.5. The highest BCUT2D eigenvalue weighted by atomic mass is 32.1. The lowest BCUT2D eigenvalue weighted by atomic mass is 9.82. The van der Waals surface area contributed by atoms with Crippen LogP contribution in [0.4, 0.5) is 26.3 Å². The number of hydrogen-bond acceptors (Lipinski definition) is 7. The molecule has 2 aliphatic heterocycles. The first kappa shape index (κ1) is 34.0. The molecule has 4 rings (SSSR count). The van der Waals surface area contributed by atoms with Crippen LogP contribution in [0, 0.1) is 6.92 Å². The number of rotatable bonds is 4. The van der Waals surface area contributed by atoms with Gasteiger partial charge < -0.3 is 19.8 Å². The van der Waals surface area contributed by atoms with Gasteiger partial charge in [-0.05, 0) is 50.5 Å². The minimum Gasteiger partial charge on any atom is -0.475 e. The van der Waals surface area contributed by atoms with Crippen LogP contribution in [0.1, 0.15) is 35.1 Å². The molecule has 2 aromatic rings. The van der Waals surface area contributed by atoms with Crippen LogP contribution in [0.5, 0.6) is 0 Å². The third-order valence-electron chi connectivity index (χ3n) is 6.47. The summed E-state index contributed by atoms with van der Waals surface area (Å²) in [4.78, 5) is 41.8. The summed E-state index contributed by atoms with van der Waals surface area (Å²) in [5, 5.41) is 14.2. The maximum Gasteiger partial charge on any atom is 0.490 e. The fourth-order valence-corrected chi connectivity index (χ4v) is 5.20. The van der Waals surface area contributed by atoms with Crippen molar-refractivity contribution in [2.24, 2.45) is 0 Å². The van der Waals surface area contributed by atoms with Crippen LogP contribution in [0.3, 0.4) is 0 Å². The molecule has 4 heterocycles. The van der Waals surface area contributed by atoms with Crippen LogP contribution in [-0.2, 0) is 32.2 Å². The number of ether oxygens (including phenoxy) is 1. The van der Waals surface area contributed by atoms with Gasteiger partial charge in [-0.1, -0.05) is 6.07 Å². The summed E-state index contributed by atoms with van der Waals surface area (Å²) in [6.45, 7) is 8.13. The number of nitrogens with zero attached hydrogens (tertiary/aromatic N) is 3. The number of carbonyl (C=O) groups is 3. The zero-order valence-corrected chi connectivity index (χ0v) is 22.9. The second-order valence-electron chi connectivity index (χ2n) is 9.31. The van der Waals surface area contributed by atoms with Gasteiger partial charge in [0, 0.05) is 48.3 Å². The summed E-state index contributed by atoms with van der Waals surface area (Å²) < 4.78 is 69.6. The Bertz CT molecular complexity index is 1140. The molecule has 2 fully saturated rings. The van der Waals surface area contributed by atoms with Gasteiger partial charge in [0.15, 0.2) is 0 Å². The first-order chi connectivity index (χ1) is 18.9. The largest absolute Gasteiger partial charge is 0.490 e. The summed E-state index contributed by atoms with van der Waals surface area (Å²) >= 11 is 1.88. The van der Waals surface area contributed by atoms with E-state index in [-0.39, 0.29) is 24.2 Å². The predicted octanol–water partition coefficient (Wildman–Crippen LogP) is 4.50. The fraction of sp³-hybridized carbons (Fsp3) is 0.520. The van der Waals surface area contributed by atoms with E-state index < -0.39 is 24.3 Å². The van der Waals surface area contributed by atoms with Crippen molar-refractivity contribution in [2.45, 2.75) is 63.8 Å². The predicted molar refractivity (Wildman–Crippen MR) is 134 cm³/mol. The second kappa shape index (κ2) is 14.1. The number of alkyl halides is 6. The van der Waals surface area contributed by atoms with Crippen LogP contribution < -0.4 is 0 Å². The summed E-state index contributed by atoms with van der Waals surface area (Å²) in [6, 6.07) is 8.45. The number of pyridine rings is 1. The Morgan fingerprint density at radius 3 is 2.05 bits per heavy atom. The van der Waals surface area contributed by atoms with Crippen LogP contribution in [0.25, 0.3) is 0 Å². The molecular formula is C25H29F6N3O6S. The summed E-state index contributed by atoms with van der Waals surface area (Å²) in [5.74, 6) is -5.44. The number of thiophene rings is 1. The molecule has 1 unspecified atom stereocenters. The van der Waals surface area contributed by atoms with Crippen LogP contribution in [0.2, 0.25) is 0 Å². The van der Waals surface area contributed by atoms with Crippen LogP contribution in [-0.4, -0.2) is 86.5 Å². The van der Waals surface area contributed by atoms with E-state index in [1.165, 1.54) is 9.75 Å². The van der Waals surface area contributed by atoms with E-state index in [4.69, 9.17) is 24.5 Å². The molecule has 2 saturated heterocycles. The highest BCUT2D eigenvalue weighted by Crippen LogP contribution is 2.37. The molecule has 2 aromatic heterocycles. The van der Waals surface area contributed by atoms with Gasteiger partial charge in [-0.25, -0.2) is 9.59 Å². The monoisotopic (exact) mass is 613 g/mol. The van der Waals surface area contributed by atoms with Crippen molar-refractivity contribution >= 4 is 29.2 Å². The van der Waals surface area contributed by atoms with E-state index in [1.54, 1.807) is 6.20 Å². The molecule has 41 heavy (non-hydrogen) atoms. The number of aromatic nitrogens is 1. The molecule has 0 aliphatic carbocycles. The van der Waals surface area contributed by atoms with Crippen molar-refractivity contribution in [3.05, 3.63) is 52.0 Å². The van der Waals surface area contributed by atoms with Gasteiger partial charge in [-0.3, -0.25) is 14.7 Å². The van der Waals surface area contributed by atoms with Crippen molar-refractivity contribution in [1.82, 2.24) is 14.8 Å². The Morgan fingerprint density at radius 2 is 1.61 bits per heavy atom. The van der Waals surface area contributed by atoms with Gasteiger partial charge >= 0.3 is 24.3 Å². The minimum absolute atomic E-state index is 0.0742. The second-order valence-corrected chi connectivity index (χ2v) is 10.7. The minimum atomic E-state index is -5.08. The molecule has 9 nitrogen and oxygen atoms in total. The van der Waals surface area contributed by atoms with Crippen molar-refractivity contribution in [1.29, 1.82) is 0 Å². The summed E-state index contributed by atoms with van der Waals surface area (Å²) in [6.07, 6.45) is -4.63. The first-order valence-electron chi connectivity index (χ1n) is 12.1. The first-order valence-corrected chi connectivity index (χ1v) is 13.0. The lowest BCUT2D eigenvalue weighted by molar-refractivity contribution is -0.193. The molecule has 1 amide bonds. The average molecular weight is 614 g/mol. The standard InChI is InChI=1S/C21H27N3O2S.2C2HF3O2/c1-16-5-6-19(27-16)14-23-10-7-21(8-11-23)17(2)24(20(25)15-26-21)13-18-4-3-9-22-12-18;2*3-2(4,5)1(6)7/h3-6,9,12,17H,7-8,10-11,13-15H2,1-2H3;2*(H,6,7). The number of morpholine rings is 1. The van der Waals surface area contributed by atoms with Crippen molar-refractivity contribution in [2.75, 3.05) is 19.7 Å². The number of carboxylic acids is 2. The summed E-state index contributed by atoms with van der Waals surface area (Å²) in [7, 11) is 0. The quantitative estimate of drug-likeness (QED) is 0.484. The van der Waals surface area contributed by atoms with E-state index in [1.807, 2.05) is 34.6 Å². The number of hydrogen-bond donors (Lipinski definition) is 2. The van der Waals surface area contributed by atoms with Crippen molar-refractivity contribution in [3.8, 4) is 0 Å². The molecule has 0 radical (unpaired) electrons. The SMILES string of the molecule is Cc1ccc(CN2CCC3(CC2)OCC(=O)N(Cc2cccnc2)C3C)s1.O=C(O)C(F)(F)F.O=C(O)C(F)(F)F. The van der Waals surface area contributed by atoms with Crippen molar-refractivity contribution in [3.63, 3.8) is 0 Å². The van der Waals surface area contributed by atoms with Gasteiger partial charge in [-0.2, -0.15) is 26.3 Å². The average Bonchev–Trinajstić information content (AvgIpc) is 3.30. The molecule has 16 heteroatoms. The van der Waals surface area contributed by atoms with Gasteiger partial charge in [0.05, 0.1) is 11.6 Å². The molecule has 0 saturated carbocycles. The number of halogens is 6. The molecule has 0 aromatic carbocycles.